The predicted octanol–water partition coefficient (Wildman–Crippen LogP) is 3.38. The van der Waals surface area contributed by atoms with Gasteiger partial charge in [0, 0.05) is 22.5 Å². The summed E-state index contributed by atoms with van der Waals surface area (Å²) in [6.07, 6.45) is 2.22. The molecule has 2 rings (SSSR count). The van der Waals surface area contributed by atoms with Crippen molar-refractivity contribution in [2.24, 2.45) is 0 Å². The quantitative estimate of drug-likeness (QED) is 0.904. The molecule has 4 nitrogen and oxygen atoms in total. The van der Waals surface area contributed by atoms with Gasteiger partial charge in [0.05, 0.1) is 6.10 Å². The summed E-state index contributed by atoms with van der Waals surface area (Å²) in [5.41, 5.74) is 0.705. The molecule has 19 heavy (non-hydrogen) atoms. The lowest BCUT2D eigenvalue weighted by atomic mass is 10.1. The molecule has 0 amide bonds. The lowest BCUT2D eigenvalue weighted by Gasteiger charge is -2.13. The Balaban J connectivity index is 2.16. The van der Waals surface area contributed by atoms with Crippen molar-refractivity contribution in [3.05, 3.63) is 45.4 Å². The van der Waals surface area contributed by atoms with E-state index in [1.165, 1.54) is 6.33 Å². The van der Waals surface area contributed by atoms with Crippen LogP contribution >= 0.6 is 27.5 Å². The molecule has 1 aromatic carbocycles. The lowest BCUT2D eigenvalue weighted by Crippen LogP contribution is -2.10. The summed E-state index contributed by atoms with van der Waals surface area (Å²) in [4.78, 5) is 4.19. The minimum absolute atomic E-state index is 0.404. The van der Waals surface area contributed by atoms with Gasteiger partial charge in [-0.05, 0) is 24.1 Å². The van der Waals surface area contributed by atoms with Crippen LogP contribution in [0, 0.1) is 0 Å². The van der Waals surface area contributed by atoms with Crippen LogP contribution in [0.2, 0.25) is 5.02 Å². The van der Waals surface area contributed by atoms with Gasteiger partial charge in [-0.15, -0.1) is 0 Å². The van der Waals surface area contributed by atoms with E-state index in [1.54, 1.807) is 6.07 Å². The van der Waals surface area contributed by atoms with Crippen LogP contribution in [-0.2, 0) is 13.0 Å². The predicted molar refractivity (Wildman–Crippen MR) is 78.1 cm³/mol. The van der Waals surface area contributed by atoms with Gasteiger partial charge < -0.3 is 5.11 Å². The van der Waals surface area contributed by atoms with E-state index in [4.69, 9.17) is 11.6 Å². The van der Waals surface area contributed by atoms with Crippen LogP contribution in [0.15, 0.2) is 29.0 Å². The molecule has 6 heteroatoms. The fourth-order valence-corrected chi connectivity index (χ4v) is 2.70. The molecule has 1 N–H and O–H groups in total. The molecule has 2 aromatic rings. The monoisotopic (exact) mass is 343 g/mol. The number of aryl methyl sites for hydroxylation is 1. The molecule has 0 bridgehead atoms. The van der Waals surface area contributed by atoms with Gasteiger partial charge in [-0.3, -0.25) is 4.68 Å². The molecule has 0 saturated heterocycles. The molecule has 0 spiro atoms. The number of aliphatic hydroxyl groups is 1. The fraction of sp³-hybridized carbons (Fsp3) is 0.385. The van der Waals surface area contributed by atoms with E-state index in [0.29, 0.717) is 17.0 Å². The third-order valence-corrected chi connectivity index (χ3v) is 3.65. The van der Waals surface area contributed by atoms with Crippen molar-refractivity contribution in [2.45, 2.75) is 32.4 Å². The number of halogens is 2. The third kappa shape index (κ3) is 3.55. The summed E-state index contributed by atoms with van der Waals surface area (Å²) < 4.78 is 2.71. The minimum atomic E-state index is -0.680. The Morgan fingerprint density at radius 2 is 2.26 bits per heavy atom. The van der Waals surface area contributed by atoms with Gasteiger partial charge >= 0.3 is 0 Å². The van der Waals surface area contributed by atoms with Gasteiger partial charge in [0.25, 0.3) is 0 Å². The van der Waals surface area contributed by atoms with E-state index in [2.05, 4.69) is 32.9 Å². The SMILES string of the molecule is CCCn1ncnc1CC(O)c1ccc(Br)cc1Cl. The summed E-state index contributed by atoms with van der Waals surface area (Å²) in [5, 5.41) is 15.0. The highest BCUT2D eigenvalue weighted by Gasteiger charge is 2.15. The molecule has 1 atom stereocenters. The van der Waals surface area contributed by atoms with Crippen molar-refractivity contribution in [2.75, 3.05) is 0 Å². The number of hydrogen-bond acceptors (Lipinski definition) is 3. The zero-order valence-electron chi connectivity index (χ0n) is 10.6. The average molecular weight is 345 g/mol. The van der Waals surface area contributed by atoms with Crippen LogP contribution in [-0.4, -0.2) is 19.9 Å². The van der Waals surface area contributed by atoms with Crippen LogP contribution < -0.4 is 0 Å². The first-order valence-electron chi connectivity index (χ1n) is 6.11. The molecule has 0 radical (unpaired) electrons. The van der Waals surface area contributed by atoms with Crippen molar-refractivity contribution < 1.29 is 5.11 Å². The zero-order chi connectivity index (χ0) is 13.8. The van der Waals surface area contributed by atoms with Crippen molar-refractivity contribution in [3.8, 4) is 0 Å². The van der Waals surface area contributed by atoms with Gasteiger partial charge in [0.2, 0.25) is 0 Å². The molecule has 0 aliphatic carbocycles. The number of aliphatic hydroxyl groups excluding tert-OH is 1. The Labute approximate surface area is 125 Å². The third-order valence-electron chi connectivity index (χ3n) is 2.83. The number of hydrogen-bond donors (Lipinski definition) is 1. The van der Waals surface area contributed by atoms with E-state index >= 15 is 0 Å². The smallest absolute Gasteiger partial charge is 0.138 e. The topological polar surface area (TPSA) is 50.9 Å². The van der Waals surface area contributed by atoms with Crippen molar-refractivity contribution in [1.82, 2.24) is 14.8 Å². The Bertz CT molecular complexity index is 559. The van der Waals surface area contributed by atoms with E-state index < -0.39 is 6.10 Å². The highest BCUT2D eigenvalue weighted by molar-refractivity contribution is 9.10. The number of rotatable bonds is 5. The molecule has 1 unspecified atom stereocenters. The van der Waals surface area contributed by atoms with Crippen molar-refractivity contribution in [1.29, 1.82) is 0 Å². The van der Waals surface area contributed by atoms with E-state index in [9.17, 15) is 5.11 Å². The molecule has 0 aliphatic heterocycles. The van der Waals surface area contributed by atoms with Gasteiger partial charge in [0.1, 0.15) is 12.2 Å². The standard InChI is InChI=1S/C13H15BrClN3O/c1-2-5-18-13(16-8-17-18)7-12(19)10-4-3-9(14)6-11(10)15/h3-4,6,8,12,19H,2,5,7H2,1H3. The molecular formula is C13H15BrClN3O. The highest BCUT2D eigenvalue weighted by atomic mass is 79.9. The first-order valence-corrected chi connectivity index (χ1v) is 7.28. The first-order chi connectivity index (χ1) is 9.11. The molecule has 1 heterocycles. The van der Waals surface area contributed by atoms with E-state index in [-0.39, 0.29) is 0 Å². The molecule has 0 saturated carbocycles. The molecule has 0 fully saturated rings. The van der Waals surface area contributed by atoms with Crippen LogP contribution in [0.4, 0.5) is 0 Å². The second-order valence-electron chi connectivity index (χ2n) is 4.29. The van der Waals surface area contributed by atoms with Crippen LogP contribution in [0.3, 0.4) is 0 Å². The van der Waals surface area contributed by atoms with Crippen molar-refractivity contribution in [3.63, 3.8) is 0 Å². The number of aromatic nitrogens is 3. The summed E-state index contributed by atoms with van der Waals surface area (Å²) >= 11 is 9.48. The average Bonchev–Trinajstić information content (AvgIpc) is 2.77. The fourth-order valence-electron chi connectivity index (χ4n) is 1.90. The minimum Gasteiger partial charge on any atom is -0.388 e. The van der Waals surface area contributed by atoms with Gasteiger partial charge in [-0.1, -0.05) is 40.5 Å². The highest BCUT2D eigenvalue weighted by Crippen LogP contribution is 2.28. The molecule has 1 aromatic heterocycles. The first kappa shape index (κ1) is 14.5. The summed E-state index contributed by atoms with van der Waals surface area (Å²) in [7, 11) is 0. The second kappa shape index (κ2) is 6.50. The van der Waals surface area contributed by atoms with Crippen LogP contribution in [0.5, 0.6) is 0 Å². The summed E-state index contributed by atoms with van der Waals surface area (Å²) in [5.74, 6) is 0.772. The maximum Gasteiger partial charge on any atom is 0.138 e. The largest absolute Gasteiger partial charge is 0.388 e. The Morgan fingerprint density at radius 3 is 2.95 bits per heavy atom. The Kier molecular flexibility index (Phi) is 4.96. The van der Waals surface area contributed by atoms with Gasteiger partial charge in [-0.2, -0.15) is 5.10 Å². The second-order valence-corrected chi connectivity index (χ2v) is 5.61. The normalized spacial score (nSPS) is 12.6. The number of nitrogens with zero attached hydrogens (tertiary/aromatic N) is 3. The summed E-state index contributed by atoms with van der Waals surface area (Å²) in [6, 6.07) is 5.45. The Morgan fingerprint density at radius 1 is 1.47 bits per heavy atom. The lowest BCUT2D eigenvalue weighted by molar-refractivity contribution is 0.174. The van der Waals surface area contributed by atoms with Gasteiger partial charge in [0.15, 0.2) is 0 Å². The van der Waals surface area contributed by atoms with E-state index in [1.807, 2.05) is 16.8 Å². The molecule has 0 aliphatic rings. The maximum atomic E-state index is 10.3. The van der Waals surface area contributed by atoms with Crippen LogP contribution in [0.1, 0.15) is 30.8 Å². The molecule has 102 valence electrons. The Hall–Kier alpha value is -0.910. The van der Waals surface area contributed by atoms with Crippen molar-refractivity contribution >= 4 is 27.5 Å². The van der Waals surface area contributed by atoms with E-state index in [0.717, 1.165) is 23.3 Å². The number of benzene rings is 1. The maximum absolute atomic E-state index is 10.3. The van der Waals surface area contributed by atoms with Crippen LogP contribution in [0.25, 0.3) is 0 Å². The summed E-state index contributed by atoms with van der Waals surface area (Å²) in [6.45, 7) is 2.88. The molecular weight excluding hydrogens is 330 g/mol. The zero-order valence-corrected chi connectivity index (χ0v) is 12.9. The van der Waals surface area contributed by atoms with Gasteiger partial charge in [-0.25, -0.2) is 4.98 Å².